The van der Waals surface area contributed by atoms with Gasteiger partial charge in [0.25, 0.3) is 0 Å². The van der Waals surface area contributed by atoms with Gasteiger partial charge in [0, 0.05) is 18.8 Å². The molecule has 1 rings (SSSR count). The first-order chi connectivity index (χ1) is 8.63. The fourth-order valence-corrected chi connectivity index (χ4v) is 1.86. The number of anilines is 2. The first kappa shape index (κ1) is 14.3. The van der Waals surface area contributed by atoms with Gasteiger partial charge in [-0.3, -0.25) is 0 Å². The van der Waals surface area contributed by atoms with Crippen LogP contribution in [0.2, 0.25) is 0 Å². The molecule has 0 fully saturated rings. The normalized spacial score (nSPS) is 11.9. The summed E-state index contributed by atoms with van der Waals surface area (Å²) in [5, 5.41) is 8.83. The molecule has 0 aromatic carbocycles. The van der Waals surface area contributed by atoms with Gasteiger partial charge in [0.15, 0.2) is 5.82 Å². The van der Waals surface area contributed by atoms with Crippen LogP contribution in [-0.4, -0.2) is 17.6 Å². The maximum Gasteiger partial charge on any atom is 0.152 e. The number of nitrogens with two attached hydrogens (primary N) is 1. The van der Waals surface area contributed by atoms with E-state index in [1.54, 1.807) is 12.3 Å². The molecule has 1 atom stereocenters. The highest BCUT2D eigenvalue weighted by molar-refractivity contribution is 5.64. The van der Waals surface area contributed by atoms with Crippen molar-refractivity contribution in [3.63, 3.8) is 0 Å². The Morgan fingerprint density at radius 2 is 2.22 bits per heavy atom. The van der Waals surface area contributed by atoms with Gasteiger partial charge in [0.05, 0.1) is 11.3 Å². The molecule has 1 heterocycles. The maximum absolute atomic E-state index is 8.83. The molecule has 4 nitrogen and oxygen atoms in total. The third-order valence-corrected chi connectivity index (χ3v) is 3.17. The Morgan fingerprint density at radius 1 is 1.50 bits per heavy atom. The topological polar surface area (TPSA) is 65.9 Å². The van der Waals surface area contributed by atoms with Crippen LogP contribution >= 0.6 is 0 Å². The zero-order valence-electron chi connectivity index (χ0n) is 11.5. The third kappa shape index (κ3) is 3.36. The SMILES string of the molecule is CCCCN(c1ncc(C#N)cc1N)C(C)CC. The molecule has 0 saturated carbocycles. The van der Waals surface area contributed by atoms with E-state index in [2.05, 4.69) is 36.7 Å². The minimum absolute atomic E-state index is 0.402. The lowest BCUT2D eigenvalue weighted by Crippen LogP contribution is -2.34. The molecule has 0 saturated heterocycles. The monoisotopic (exact) mass is 246 g/mol. The van der Waals surface area contributed by atoms with E-state index >= 15 is 0 Å². The second kappa shape index (κ2) is 6.85. The van der Waals surface area contributed by atoms with E-state index in [0.29, 0.717) is 17.3 Å². The van der Waals surface area contributed by atoms with Gasteiger partial charge in [-0.25, -0.2) is 4.98 Å². The zero-order chi connectivity index (χ0) is 13.5. The number of rotatable bonds is 6. The van der Waals surface area contributed by atoms with Crippen LogP contribution in [0.5, 0.6) is 0 Å². The quantitative estimate of drug-likeness (QED) is 0.838. The number of pyridine rings is 1. The molecular weight excluding hydrogens is 224 g/mol. The smallest absolute Gasteiger partial charge is 0.152 e. The lowest BCUT2D eigenvalue weighted by molar-refractivity contribution is 0.590. The highest BCUT2D eigenvalue weighted by atomic mass is 15.2. The van der Waals surface area contributed by atoms with Gasteiger partial charge in [0.2, 0.25) is 0 Å². The van der Waals surface area contributed by atoms with E-state index in [-0.39, 0.29) is 0 Å². The largest absolute Gasteiger partial charge is 0.396 e. The average molecular weight is 246 g/mol. The Bertz CT molecular complexity index is 422. The van der Waals surface area contributed by atoms with Gasteiger partial charge in [-0.15, -0.1) is 0 Å². The van der Waals surface area contributed by atoms with E-state index in [0.717, 1.165) is 31.6 Å². The molecule has 98 valence electrons. The molecule has 0 aliphatic heterocycles. The first-order valence-corrected chi connectivity index (χ1v) is 6.56. The highest BCUT2D eigenvalue weighted by Crippen LogP contribution is 2.24. The molecule has 0 aliphatic carbocycles. The van der Waals surface area contributed by atoms with E-state index < -0.39 is 0 Å². The molecule has 0 bridgehead atoms. The predicted octanol–water partition coefficient (Wildman–Crippen LogP) is 2.94. The Morgan fingerprint density at radius 3 is 2.72 bits per heavy atom. The molecule has 0 amide bonds. The Balaban J connectivity index is 3.01. The molecule has 1 unspecified atom stereocenters. The third-order valence-electron chi connectivity index (χ3n) is 3.17. The fourth-order valence-electron chi connectivity index (χ4n) is 1.86. The number of hydrogen-bond acceptors (Lipinski definition) is 4. The maximum atomic E-state index is 8.83. The lowest BCUT2D eigenvalue weighted by Gasteiger charge is -2.30. The Labute approximate surface area is 109 Å². The fraction of sp³-hybridized carbons (Fsp3) is 0.571. The average Bonchev–Trinajstić information content (AvgIpc) is 2.39. The molecule has 2 N–H and O–H groups in total. The van der Waals surface area contributed by atoms with Gasteiger partial charge in [-0.2, -0.15) is 5.26 Å². The number of nitriles is 1. The summed E-state index contributed by atoms with van der Waals surface area (Å²) in [5.41, 5.74) is 7.11. The molecule has 1 aromatic rings. The summed E-state index contributed by atoms with van der Waals surface area (Å²) >= 11 is 0. The molecule has 18 heavy (non-hydrogen) atoms. The van der Waals surface area contributed by atoms with Crippen molar-refractivity contribution in [3.8, 4) is 6.07 Å². The van der Waals surface area contributed by atoms with Crippen LogP contribution in [0.3, 0.4) is 0 Å². The minimum atomic E-state index is 0.402. The van der Waals surface area contributed by atoms with Crippen molar-refractivity contribution in [2.24, 2.45) is 0 Å². The Hall–Kier alpha value is -1.76. The van der Waals surface area contributed by atoms with Gasteiger partial charge >= 0.3 is 0 Å². The second-order valence-electron chi connectivity index (χ2n) is 4.55. The van der Waals surface area contributed by atoms with Crippen LogP contribution in [0, 0.1) is 11.3 Å². The van der Waals surface area contributed by atoms with Gasteiger partial charge in [0.1, 0.15) is 6.07 Å². The highest BCUT2D eigenvalue weighted by Gasteiger charge is 2.16. The summed E-state index contributed by atoms with van der Waals surface area (Å²) in [5.74, 6) is 0.803. The summed E-state index contributed by atoms with van der Waals surface area (Å²) in [4.78, 5) is 6.59. The molecular formula is C14H22N4. The molecule has 1 aromatic heterocycles. The van der Waals surface area contributed by atoms with E-state index in [4.69, 9.17) is 11.0 Å². The molecule has 0 spiro atoms. The number of nitrogen functional groups attached to an aromatic ring is 1. The lowest BCUT2D eigenvalue weighted by atomic mass is 10.1. The molecule has 0 radical (unpaired) electrons. The van der Waals surface area contributed by atoms with Crippen molar-refractivity contribution in [2.75, 3.05) is 17.2 Å². The van der Waals surface area contributed by atoms with Crippen LogP contribution in [0.1, 0.15) is 45.6 Å². The van der Waals surface area contributed by atoms with Crippen LogP contribution in [0.25, 0.3) is 0 Å². The van der Waals surface area contributed by atoms with Crippen LogP contribution < -0.4 is 10.6 Å². The first-order valence-electron chi connectivity index (χ1n) is 6.56. The predicted molar refractivity (Wildman–Crippen MR) is 75.4 cm³/mol. The van der Waals surface area contributed by atoms with E-state index in [1.807, 2.05) is 0 Å². The van der Waals surface area contributed by atoms with Crippen molar-refractivity contribution < 1.29 is 0 Å². The summed E-state index contributed by atoms with van der Waals surface area (Å²) in [6.45, 7) is 7.46. The second-order valence-corrected chi connectivity index (χ2v) is 4.55. The number of nitrogens with zero attached hydrogens (tertiary/aromatic N) is 3. The number of aromatic nitrogens is 1. The summed E-state index contributed by atoms with van der Waals surface area (Å²) in [6.07, 6.45) is 4.90. The van der Waals surface area contributed by atoms with Crippen molar-refractivity contribution in [2.45, 2.75) is 46.1 Å². The van der Waals surface area contributed by atoms with Crippen molar-refractivity contribution in [1.29, 1.82) is 5.26 Å². The van der Waals surface area contributed by atoms with Gasteiger partial charge < -0.3 is 10.6 Å². The minimum Gasteiger partial charge on any atom is -0.396 e. The standard InChI is InChI=1S/C14H22N4/c1-4-6-7-18(11(3)5-2)14-13(16)8-12(9-15)10-17-14/h8,10-11H,4-7,16H2,1-3H3. The number of hydrogen-bond donors (Lipinski definition) is 1. The van der Waals surface area contributed by atoms with Gasteiger partial charge in [-0.1, -0.05) is 20.3 Å². The van der Waals surface area contributed by atoms with Gasteiger partial charge in [-0.05, 0) is 25.8 Å². The van der Waals surface area contributed by atoms with Crippen LogP contribution in [0.15, 0.2) is 12.3 Å². The molecule has 0 aliphatic rings. The summed E-state index contributed by atoms with van der Waals surface area (Å²) in [7, 11) is 0. The molecule has 4 heteroatoms. The van der Waals surface area contributed by atoms with Crippen molar-refractivity contribution >= 4 is 11.5 Å². The van der Waals surface area contributed by atoms with Crippen molar-refractivity contribution in [3.05, 3.63) is 17.8 Å². The number of unbranched alkanes of at least 4 members (excludes halogenated alkanes) is 1. The summed E-state index contributed by atoms with van der Waals surface area (Å²) < 4.78 is 0. The Kier molecular flexibility index (Phi) is 5.44. The van der Waals surface area contributed by atoms with E-state index in [1.165, 1.54) is 0 Å². The zero-order valence-corrected chi connectivity index (χ0v) is 11.5. The van der Waals surface area contributed by atoms with E-state index in [9.17, 15) is 0 Å². The van der Waals surface area contributed by atoms with Crippen molar-refractivity contribution in [1.82, 2.24) is 4.98 Å². The summed E-state index contributed by atoms with van der Waals surface area (Å²) in [6, 6.07) is 4.16. The van der Waals surface area contributed by atoms with Crippen LogP contribution in [-0.2, 0) is 0 Å². The van der Waals surface area contributed by atoms with Crippen LogP contribution in [0.4, 0.5) is 11.5 Å².